The molecule has 0 atom stereocenters. The van der Waals surface area contributed by atoms with Crippen molar-refractivity contribution in [2.75, 3.05) is 19.6 Å². The number of rotatable bonds is 2. The second-order valence-corrected chi connectivity index (χ2v) is 4.39. The van der Waals surface area contributed by atoms with Crippen LogP contribution in [-0.2, 0) is 0 Å². The molecule has 0 amide bonds. The predicted octanol–water partition coefficient (Wildman–Crippen LogP) is 0.813. The molecule has 2 rings (SSSR count). The van der Waals surface area contributed by atoms with E-state index < -0.39 is 5.97 Å². The van der Waals surface area contributed by atoms with Crippen molar-refractivity contribution in [3.63, 3.8) is 0 Å². The van der Waals surface area contributed by atoms with E-state index in [0.29, 0.717) is 4.90 Å². The van der Waals surface area contributed by atoms with Crippen LogP contribution in [0.2, 0.25) is 0 Å². The number of carboxylic acid groups (broad SMARTS) is 1. The maximum Gasteiger partial charge on any atom is 0.352 e. The Morgan fingerprint density at radius 2 is 2.37 bits per heavy atom. The normalized spacial score (nSPS) is 14.7. The Bertz CT molecular complexity index is 474. The molecule has 1 aromatic heterocycles. The molecule has 0 bridgehead atoms. The number of nitrogens with one attached hydrogen (secondary N) is 2. The highest BCUT2D eigenvalue weighted by molar-refractivity contribution is 7.80. The van der Waals surface area contributed by atoms with E-state index in [2.05, 4.69) is 27.9 Å². The molecule has 0 saturated heterocycles. The van der Waals surface area contributed by atoms with Crippen molar-refractivity contribution >= 4 is 24.3 Å². The maximum absolute atomic E-state index is 10.3. The summed E-state index contributed by atoms with van der Waals surface area (Å²) in [7, 11) is 0. The van der Waals surface area contributed by atoms with Crippen LogP contribution < -0.4 is 11.1 Å². The SMILES string of the molecule is Cc1[nH]c(C(=O)O)cc1S.N/C=C\C1=NCCNC1. The molecule has 7 heteroatoms. The fourth-order valence-electron chi connectivity index (χ4n) is 1.44. The Kier molecular flexibility index (Phi) is 6.17. The first-order valence-corrected chi connectivity index (χ1v) is 6.23. The minimum Gasteiger partial charge on any atom is -0.477 e. The Morgan fingerprint density at radius 1 is 1.63 bits per heavy atom. The third-order valence-corrected chi connectivity index (χ3v) is 2.88. The molecule has 2 heterocycles. The van der Waals surface area contributed by atoms with Gasteiger partial charge in [0.1, 0.15) is 5.69 Å². The Labute approximate surface area is 117 Å². The number of aromatic carboxylic acids is 1. The zero-order chi connectivity index (χ0) is 14.3. The summed E-state index contributed by atoms with van der Waals surface area (Å²) in [6.45, 7) is 4.49. The molecule has 104 valence electrons. The number of aromatic nitrogens is 1. The number of aromatic amines is 1. The van der Waals surface area contributed by atoms with Crippen LogP contribution in [0.3, 0.4) is 0 Å². The predicted molar refractivity (Wildman–Crippen MR) is 78.2 cm³/mol. The lowest BCUT2D eigenvalue weighted by Gasteiger charge is -2.08. The number of carbonyl (C=O) groups is 1. The first-order chi connectivity index (χ1) is 9.04. The smallest absolute Gasteiger partial charge is 0.352 e. The number of aliphatic imine (C=N–C) groups is 1. The second kappa shape index (κ2) is 7.65. The molecular weight excluding hydrogens is 264 g/mol. The van der Waals surface area contributed by atoms with Gasteiger partial charge in [0.15, 0.2) is 0 Å². The van der Waals surface area contributed by atoms with E-state index in [1.807, 2.05) is 6.08 Å². The topological polar surface area (TPSA) is 104 Å². The van der Waals surface area contributed by atoms with E-state index in [9.17, 15) is 4.79 Å². The van der Waals surface area contributed by atoms with Crippen LogP contribution in [0.4, 0.5) is 0 Å². The van der Waals surface area contributed by atoms with Gasteiger partial charge >= 0.3 is 5.97 Å². The Morgan fingerprint density at radius 3 is 2.74 bits per heavy atom. The number of hydrogen-bond acceptors (Lipinski definition) is 5. The van der Waals surface area contributed by atoms with Gasteiger partial charge in [0.05, 0.1) is 12.3 Å². The van der Waals surface area contributed by atoms with E-state index in [-0.39, 0.29) is 5.69 Å². The van der Waals surface area contributed by atoms with E-state index in [1.165, 1.54) is 12.3 Å². The van der Waals surface area contributed by atoms with Gasteiger partial charge in [-0.05, 0) is 25.3 Å². The fourth-order valence-corrected chi connectivity index (χ4v) is 1.62. The van der Waals surface area contributed by atoms with Gasteiger partial charge in [-0.1, -0.05) is 0 Å². The molecule has 1 aliphatic rings. The molecule has 5 N–H and O–H groups in total. The average molecular weight is 282 g/mol. The van der Waals surface area contributed by atoms with E-state index in [0.717, 1.165) is 31.0 Å². The molecule has 0 unspecified atom stereocenters. The summed E-state index contributed by atoms with van der Waals surface area (Å²) in [5.41, 5.74) is 7.18. The maximum atomic E-state index is 10.3. The van der Waals surface area contributed by atoms with Gasteiger partial charge in [0.25, 0.3) is 0 Å². The summed E-state index contributed by atoms with van der Waals surface area (Å²) in [6.07, 6.45) is 3.35. The van der Waals surface area contributed by atoms with E-state index in [4.69, 9.17) is 10.8 Å². The van der Waals surface area contributed by atoms with Crippen LogP contribution in [0.5, 0.6) is 0 Å². The van der Waals surface area contributed by atoms with Crippen molar-refractivity contribution in [2.45, 2.75) is 11.8 Å². The van der Waals surface area contributed by atoms with Crippen LogP contribution in [0.25, 0.3) is 0 Å². The molecule has 0 spiro atoms. The molecule has 1 aliphatic heterocycles. The lowest BCUT2D eigenvalue weighted by atomic mass is 10.3. The minimum atomic E-state index is -0.955. The summed E-state index contributed by atoms with van der Waals surface area (Å²) in [5.74, 6) is -0.955. The Hall–Kier alpha value is -1.73. The van der Waals surface area contributed by atoms with Crippen LogP contribution in [-0.4, -0.2) is 41.4 Å². The lowest BCUT2D eigenvalue weighted by Crippen LogP contribution is -2.29. The van der Waals surface area contributed by atoms with Gasteiger partial charge in [-0.15, -0.1) is 12.6 Å². The second-order valence-electron chi connectivity index (χ2n) is 3.91. The summed E-state index contributed by atoms with van der Waals surface area (Å²) < 4.78 is 0. The van der Waals surface area contributed by atoms with Crippen LogP contribution in [0, 0.1) is 6.92 Å². The minimum absolute atomic E-state index is 0.183. The first-order valence-electron chi connectivity index (χ1n) is 5.78. The summed E-state index contributed by atoms with van der Waals surface area (Å²) >= 11 is 4.02. The molecular formula is C12H18N4O2S. The summed E-state index contributed by atoms with van der Waals surface area (Å²) in [4.78, 5) is 17.9. The fraction of sp³-hybridized carbons (Fsp3) is 0.333. The number of aryl methyl sites for hydroxylation is 1. The number of carboxylic acids is 1. The number of hydrogen-bond donors (Lipinski definition) is 5. The van der Waals surface area contributed by atoms with Gasteiger partial charge < -0.3 is 21.1 Å². The quantitative estimate of drug-likeness (QED) is 0.518. The van der Waals surface area contributed by atoms with E-state index in [1.54, 1.807) is 6.92 Å². The molecule has 1 aromatic rings. The van der Waals surface area contributed by atoms with Gasteiger partial charge in [0, 0.05) is 23.7 Å². The van der Waals surface area contributed by atoms with Gasteiger partial charge in [0.2, 0.25) is 0 Å². The van der Waals surface area contributed by atoms with Crippen LogP contribution >= 0.6 is 12.6 Å². The average Bonchev–Trinajstić information content (AvgIpc) is 2.72. The highest BCUT2D eigenvalue weighted by atomic mass is 32.1. The molecule has 0 fully saturated rings. The molecule has 0 saturated carbocycles. The Balaban J connectivity index is 0.000000191. The lowest BCUT2D eigenvalue weighted by molar-refractivity contribution is 0.0691. The summed E-state index contributed by atoms with van der Waals surface area (Å²) in [5, 5.41) is 11.6. The monoisotopic (exact) mass is 282 g/mol. The number of H-pyrrole nitrogens is 1. The van der Waals surface area contributed by atoms with E-state index >= 15 is 0 Å². The van der Waals surface area contributed by atoms with Crippen molar-refractivity contribution in [3.8, 4) is 0 Å². The highest BCUT2D eigenvalue weighted by Crippen LogP contribution is 2.13. The number of nitrogens with zero attached hydrogens (tertiary/aromatic N) is 1. The van der Waals surface area contributed by atoms with Crippen LogP contribution in [0.15, 0.2) is 28.2 Å². The molecule has 0 radical (unpaired) electrons. The van der Waals surface area contributed by atoms with Crippen molar-refractivity contribution in [3.05, 3.63) is 29.7 Å². The standard InChI is InChI=1S/C6H11N3.C6H7NO2S/c7-2-1-6-5-8-3-4-9-6;1-3-5(10)2-4(7-3)6(8)9/h1-2,8H,3-5,7H2;2,7,10H,1H3,(H,8,9)/b2-1-;. The summed E-state index contributed by atoms with van der Waals surface area (Å²) in [6, 6.07) is 1.49. The number of thiol groups is 1. The van der Waals surface area contributed by atoms with Gasteiger partial charge in [-0.3, -0.25) is 4.99 Å². The first kappa shape index (κ1) is 15.3. The third-order valence-electron chi connectivity index (χ3n) is 2.42. The van der Waals surface area contributed by atoms with Crippen molar-refractivity contribution in [2.24, 2.45) is 10.7 Å². The van der Waals surface area contributed by atoms with Gasteiger partial charge in [-0.25, -0.2) is 4.79 Å². The van der Waals surface area contributed by atoms with Crippen molar-refractivity contribution in [1.82, 2.24) is 10.3 Å². The molecule has 0 aliphatic carbocycles. The molecule has 19 heavy (non-hydrogen) atoms. The molecule has 6 nitrogen and oxygen atoms in total. The zero-order valence-corrected chi connectivity index (χ0v) is 11.6. The van der Waals surface area contributed by atoms with Crippen molar-refractivity contribution < 1.29 is 9.90 Å². The number of nitrogens with two attached hydrogens (primary N) is 1. The van der Waals surface area contributed by atoms with Crippen molar-refractivity contribution in [1.29, 1.82) is 0 Å². The third kappa shape index (κ3) is 5.19. The van der Waals surface area contributed by atoms with Gasteiger partial charge in [-0.2, -0.15) is 0 Å². The zero-order valence-electron chi connectivity index (χ0n) is 10.7. The van der Waals surface area contributed by atoms with Crippen LogP contribution in [0.1, 0.15) is 16.2 Å². The highest BCUT2D eigenvalue weighted by Gasteiger charge is 2.06. The molecule has 0 aromatic carbocycles. The largest absolute Gasteiger partial charge is 0.477 e.